The topological polar surface area (TPSA) is 47.6 Å². The van der Waals surface area contributed by atoms with E-state index < -0.39 is 17.2 Å². The van der Waals surface area contributed by atoms with Crippen LogP contribution in [0.4, 0.5) is 13.2 Å². The Morgan fingerprint density at radius 2 is 1.65 bits per heavy atom. The first-order valence-corrected chi connectivity index (χ1v) is 4.92. The molecule has 0 bridgehead atoms. The van der Waals surface area contributed by atoms with Crippen LogP contribution in [0.15, 0.2) is 24.3 Å². The summed E-state index contributed by atoms with van der Waals surface area (Å²) in [7, 11) is 0. The van der Waals surface area contributed by atoms with Gasteiger partial charge in [-0.2, -0.15) is 23.7 Å². The van der Waals surface area contributed by atoms with E-state index in [1.54, 1.807) is 0 Å². The van der Waals surface area contributed by atoms with Gasteiger partial charge in [-0.05, 0) is 24.1 Å². The lowest BCUT2D eigenvalue weighted by molar-refractivity contribution is -0.137. The Labute approximate surface area is 95.9 Å². The fourth-order valence-corrected chi connectivity index (χ4v) is 1.84. The minimum Gasteiger partial charge on any atom is -0.197 e. The summed E-state index contributed by atoms with van der Waals surface area (Å²) in [6, 6.07) is 8.46. The molecule has 86 valence electrons. The molecular formula is C12H7F3N2. The molecule has 1 saturated carbocycles. The van der Waals surface area contributed by atoms with Crippen LogP contribution >= 0.6 is 0 Å². The highest BCUT2D eigenvalue weighted by atomic mass is 19.4. The van der Waals surface area contributed by atoms with Gasteiger partial charge in [-0.1, -0.05) is 12.1 Å². The minimum atomic E-state index is -4.36. The van der Waals surface area contributed by atoms with Crippen molar-refractivity contribution in [1.82, 2.24) is 0 Å². The third kappa shape index (κ3) is 1.85. The van der Waals surface area contributed by atoms with Crippen molar-refractivity contribution in [2.45, 2.75) is 18.5 Å². The summed E-state index contributed by atoms with van der Waals surface area (Å²) in [6.07, 6.45) is -3.96. The molecule has 2 rings (SSSR count). The molecule has 0 N–H and O–H groups in total. The van der Waals surface area contributed by atoms with E-state index in [9.17, 15) is 13.2 Å². The second-order valence-electron chi connectivity index (χ2n) is 4.07. The number of benzene rings is 1. The molecule has 1 aliphatic carbocycles. The highest BCUT2D eigenvalue weighted by Crippen LogP contribution is 2.58. The molecule has 1 aliphatic rings. The van der Waals surface area contributed by atoms with Gasteiger partial charge in [-0.15, -0.1) is 0 Å². The molecule has 1 aromatic rings. The maximum absolute atomic E-state index is 12.3. The molecule has 0 radical (unpaired) electrons. The molecule has 2 nitrogen and oxygen atoms in total. The van der Waals surface area contributed by atoms with Crippen LogP contribution in [-0.2, 0) is 6.18 Å². The van der Waals surface area contributed by atoms with Crippen molar-refractivity contribution >= 4 is 0 Å². The van der Waals surface area contributed by atoms with E-state index in [0.717, 1.165) is 12.1 Å². The average molecular weight is 236 g/mol. The number of alkyl halides is 3. The standard InChI is InChI=1S/C12H7F3N2/c13-12(14,15)9-3-1-8(2-4-9)10-5-11(10,6-16)7-17/h1-4,10H,5H2. The van der Waals surface area contributed by atoms with Crippen molar-refractivity contribution in [1.29, 1.82) is 10.5 Å². The van der Waals surface area contributed by atoms with Gasteiger partial charge < -0.3 is 0 Å². The summed E-state index contributed by atoms with van der Waals surface area (Å²) < 4.78 is 36.9. The Bertz CT molecular complexity index is 503. The molecular weight excluding hydrogens is 229 g/mol. The van der Waals surface area contributed by atoms with Crippen LogP contribution < -0.4 is 0 Å². The number of nitriles is 2. The lowest BCUT2D eigenvalue weighted by atomic mass is 10.0. The number of hydrogen-bond acceptors (Lipinski definition) is 2. The SMILES string of the molecule is N#CC1(C#N)CC1c1ccc(C(F)(F)F)cc1. The van der Waals surface area contributed by atoms with Crippen molar-refractivity contribution < 1.29 is 13.2 Å². The minimum absolute atomic E-state index is 0.264. The molecule has 1 aromatic carbocycles. The van der Waals surface area contributed by atoms with Gasteiger partial charge in [0.05, 0.1) is 17.7 Å². The third-order valence-corrected chi connectivity index (χ3v) is 3.00. The van der Waals surface area contributed by atoms with Gasteiger partial charge >= 0.3 is 6.18 Å². The Hall–Kier alpha value is -2.01. The van der Waals surface area contributed by atoms with Crippen molar-refractivity contribution in [3.8, 4) is 12.1 Å². The Balaban J connectivity index is 2.23. The normalized spacial score (nSPS) is 21.4. The summed E-state index contributed by atoms with van der Waals surface area (Å²) in [5.41, 5.74) is -1.15. The van der Waals surface area contributed by atoms with Crippen molar-refractivity contribution in [2.24, 2.45) is 5.41 Å². The summed E-state index contributed by atoms with van der Waals surface area (Å²) >= 11 is 0. The zero-order valence-corrected chi connectivity index (χ0v) is 8.62. The van der Waals surface area contributed by atoms with Gasteiger partial charge in [0.25, 0.3) is 0 Å². The van der Waals surface area contributed by atoms with Gasteiger partial charge in [0.15, 0.2) is 5.41 Å². The van der Waals surface area contributed by atoms with Crippen LogP contribution in [0.2, 0.25) is 0 Å². The fraction of sp³-hybridized carbons (Fsp3) is 0.333. The van der Waals surface area contributed by atoms with E-state index >= 15 is 0 Å². The van der Waals surface area contributed by atoms with Gasteiger partial charge in [0.2, 0.25) is 0 Å². The monoisotopic (exact) mass is 236 g/mol. The van der Waals surface area contributed by atoms with Crippen LogP contribution in [-0.4, -0.2) is 0 Å². The van der Waals surface area contributed by atoms with Crippen molar-refractivity contribution in [2.75, 3.05) is 0 Å². The maximum Gasteiger partial charge on any atom is 0.416 e. The maximum atomic E-state index is 12.3. The van der Waals surface area contributed by atoms with E-state index in [4.69, 9.17) is 10.5 Å². The lowest BCUT2D eigenvalue weighted by Gasteiger charge is -2.07. The van der Waals surface area contributed by atoms with Crippen LogP contribution in [0.25, 0.3) is 0 Å². The first kappa shape index (κ1) is 11.5. The van der Waals surface area contributed by atoms with Gasteiger partial charge in [0, 0.05) is 5.92 Å². The number of hydrogen-bond donors (Lipinski definition) is 0. The number of halogens is 3. The molecule has 0 saturated heterocycles. The number of rotatable bonds is 1. The molecule has 0 aliphatic heterocycles. The third-order valence-electron chi connectivity index (χ3n) is 3.00. The Kier molecular flexibility index (Phi) is 2.36. The molecule has 0 aromatic heterocycles. The second kappa shape index (κ2) is 3.49. The largest absolute Gasteiger partial charge is 0.416 e. The predicted octanol–water partition coefficient (Wildman–Crippen LogP) is 3.23. The molecule has 0 spiro atoms. The summed E-state index contributed by atoms with van der Waals surface area (Å²) in [5, 5.41) is 17.6. The van der Waals surface area contributed by atoms with Crippen LogP contribution in [0.1, 0.15) is 23.5 Å². The zero-order chi connectivity index (χ0) is 12.7. The quantitative estimate of drug-likeness (QED) is 0.751. The van der Waals surface area contributed by atoms with E-state index in [0.29, 0.717) is 12.0 Å². The fourth-order valence-electron chi connectivity index (χ4n) is 1.84. The summed E-state index contributed by atoms with van der Waals surface area (Å²) in [4.78, 5) is 0. The molecule has 0 amide bonds. The van der Waals surface area contributed by atoms with E-state index in [1.807, 2.05) is 12.1 Å². The van der Waals surface area contributed by atoms with Crippen LogP contribution in [0, 0.1) is 28.1 Å². The molecule has 1 atom stereocenters. The molecule has 1 fully saturated rings. The van der Waals surface area contributed by atoms with Crippen LogP contribution in [0.3, 0.4) is 0 Å². The first-order chi connectivity index (χ1) is 7.93. The van der Waals surface area contributed by atoms with Gasteiger partial charge in [-0.3, -0.25) is 0 Å². The van der Waals surface area contributed by atoms with Gasteiger partial charge in [-0.25, -0.2) is 0 Å². The van der Waals surface area contributed by atoms with Crippen molar-refractivity contribution in [3.05, 3.63) is 35.4 Å². The lowest BCUT2D eigenvalue weighted by Crippen LogP contribution is -2.04. The molecule has 0 heterocycles. The Morgan fingerprint density at radius 3 is 2.00 bits per heavy atom. The molecule has 5 heteroatoms. The molecule has 17 heavy (non-hydrogen) atoms. The van der Waals surface area contributed by atoms with E-state index in [1.165, 1.54) is 12.1 Å². The van der Waals surface area contributed by atoms with Gasteiger partial charge in [0.1, 0.15) is 0 Å². The Morgan fingerprint density at radius 1 is 1.12 bits per heavy atom. The predicted molar refractivity (Wildman–Crippen MR) is 52.5 cm³/mol. The van der Waals surface area contributed by atoms with E-state index in [2.05, 4.69) is 0 Å². The van der Waals surface area contributed by atoms with Crippen molar-refractivity contribution in [3.63, 3.8) is 0 Å². The van der Waals surface area contributed by atoms with Crippen LogP contribution in [0.5, 0.6) is 0 Å². The summed E-state index contributed by atoms with van der Waals surface area (Å²) in [6.45, 7) is 0. The zero-order valence-electron chi connectivity index (χ0n) is 8.62. The number of nitrogens with zero attached hydrogens (tertiary/aromatic N) is 2. The first-order valence-electron chi connectivity index (χ1n) is 4.92. The smallest absolute Gasteiger partial charge is 0.197 e. The molecule has 1 unspecified atom stereocenters. The average Bonchev–Trinajstić information content (AvgIpc) is 3.03. The van der Waals surface area contributed by atoms with E-state index in [-0.39, 0.29) is 5.92 Å². The highest BCUT2D eigenvalue weighted by Gasteiger charge is 2.56. The highest BCUT2D eigenvalue weighted by molar-refractivity contribution is 5.42. The summed E-state index contributed by atoms with van der Waals surface area (Å²) in [5.74, 6) is -0.264. The second-order valence-corrected chi connectivity index (χ2v) is 4.07.